The molecule has 0 aromatic heterocycles. The highest BCUT2D eigenvalue weighted by Crippen LogP contribution is 2.63. The Morgan fingerprint density at radius 2 is 0.977 bits per heavy atom. The normalized spacial score (nSPS) is 37.1. The zero-order valence-electron chi connectivity index (χ0n) is 26.8. The van der Waals surface area contributed by atoms with Crippen LogP contribution in [0.5, 0.6) is 11.5 Å². The standard InChI is InChI=1S/C39H53NO3/c1-24-6-32(36(41)34(8-24)38-16-26-10-27(17-38)12-28(11-26)18-38)22-40(4-5-43-3)23-33-7-25(2)9-35(37(33)42)39-19-29-13-30(20-39)15-31(14-29)21-39/h6-9,26-31,41-42H,4-5,10-23H2,1-3H3. The van der Waals surface area contributed by atoms with Gasteiger partial charge in [-0.05, 0) is 137 Å². The molecule has 2 N–H and O–H groups in total. The number of ether oxygens (including phenoxy) is 1. The van der Waals surface area contributed by atoms with Crippen LogP contribution in [0.15, 0.2) is 24.3 Å². The molecule has 4 nitrogen and oxygen atoms in total. The summed E-state index contributed by atoms with van der Waals surface area (Å²) in [5, 5.41) is 23.9. The lowest BCUT2D eigenvalue weighted by molar-refractivity contribution is -0.00634. The van der Waals surface area contributed by atoms with Crippen molar-refractivity contribution >= 4 is 0 Å². The van der Waals surface area contributed by atoms with E-state index in [0.717, 1.165) is 53.2 Å². The van der Waals surface area contributed by atoms with Gasteiger partial charge in [0.05, 0.1) is 6.61 Å². The van der Waals surface area contributed by atoms with E-state index in [9.17, 15) is 10.2 Å². The molecule has 232 valence electrons. The summed E-state index contributed by atoms with van der Waals surface area (Å²) in [6.07, 6.45) is 16.0. The highest BCUT2D eigenvalue weighted by Gasteiger charge is 2.54. The van der Waals surface area contributed by atoms with E-state index >= 15 is 0 Å². The van der Waals surface area contributed by atoms with E-state index in [1.54, 1.807) is 7.11 Å². The second-order valence-electron chi connectivity index (χ2n) is 16.7. The molecule has 2 aromatic rings. The molecule has 10 rings (SSSR count). The van der Waals surface area contributed by atoms with Crippen molar-refractivity contribution < 1.29 is 14.9 Å². The predicted molar refractivity (Wildman–Crippen MR) is 171 cm³/mol. The van der Waals surface area contributed by atoms with Crippen LogP contribution in [-0.2, 0) is 28.7 Å². The molecular weight excluding hydrogens is 530 g/mol. The van der Waals surface area contributed by atoms with Crippen molar-refractivity contribution in [1.82, 2.24) is 4.90 Å². The van der Waals surface area contributed by atoms with Crippen molar-refractivity contribution in [3.05, 3.63) is 57.6 Å². The molecule has 8 fully saturated rings. The summed E-state index contributed by atoms with van der Waals surface area (Å²) in [6, 6.07) is 9.04. The molecule has 8 saturated carbocycles. The summed E-state index contributed by atoms with van der Waals surface area (Å²) >= 11 is 0. The lowest BCUT2D eigenvalue weighted by Crippen LogP contribution is -2.48. The maximum Gasteiger partial charge on any atom is 0.123 e. The highest BCUT2D eigenvalue weighted by atomic mass is 16.5. The topological polar surface area (TPSA) is 52.9 Å². The van der Waals surface area contributed by atoms with Gasteiger partial charge in [0.15, 0.2) is 0 Å². The Morgan fingerprint density at radius 1 is 0.628 bits per heavy atom. The minimum atomic E-state index is 0.165. The zero-order chi connectivity index (χ0) is 29.5. The van der Waals surface area contributed by atoms with E-state index in [1.807, 2.05) is 0 Å². The number of hydrogen-bond donors (Lipinski definition) is 2. The van der Waals surface area contributed by atoms with Gasteiger partial charge in [-0.25, -0.2) is 0 Å². The molecule has 0 amide bonds. The Hall–Kier alpha value is -2.04. The number of benzene rings is 2. The van der Waals surface area contributed by atoms with Gasteiger partial charge in [-0.1, -0.05) is 35.4 Å². The molecule has 0 aliphatic heterocycles. The molecule has 0 radical (unpaired) electrons. The smallest absolute Gasteiger partial charge is 0.123 e. The van der Waals surface area contributed by atoms with Crippen molar-refractivity contribution in [3.63, 3.8) is 0 Å². The Labute approximate surface area is 259 Å². The maximum atomic E-state index is 11.9. The van der Waals surface area contributed by atoms with Crippen LogP contribution < -0.4 is 0 Å². The zero-order valence-corrected chi connectivity index (χ0v) is 26.8. The Balaban J connectivity index is 1.10. The average molecular weight is 584 g/mol. The van der Waals surface area contributed by atoms with Crippen LogP contribution in [0.3, 0.4) is 0 Å². The molecule has 0 spiro atoms. The van der Waals surface area contributed by atoms with Gasteiger partial charge in [0.25, 0.3) is 0 Å². The molecule has 0 saturated heterocycles. The lowest BCUT2D eigenvalue weighted by atomic mass is 9.48. The van der Waals surface area contributed by atoms with Gasteiger partial charge in [-0.2, -0.15) is 0 Å². The molecule has 0 unspecified atom stereocenters. The summed E-state index contributed by atoms with van der Waals surface area (Å²) in [5.74, 6) is 6.16. The third-order valence-electron chi connectivity index (χ3n) is 13.3. The van der Waals surface area contributed by atoms with Crippen LogP contribution in [0, 0.1) is 49.4 Å². The first kappa shape index (κ1) is 28.4. The lowest BCUT2D eigenvalue weighted by Gasteiger charge is -2.57. The third-order valence-corrected chi connectivity index (χ3v) is 13.3. The molecule has 0 atom stereocenters. The summed E-state index contributed by atoms with van der Waals surface area (Å²) in [5.41, 5.74) is 7.38. The van der Waals surface area contributed by atoms with Crippen LogP contribution in [0.2, 0.25) is 0 Å². The first-order valence-corrected chi connectivity index (χ1v) is 17.6. The maximum absolute atomic E-state index is 11.9. The number of phenolic OH excluding ortho intramolecular Hbond substituents is 2. The van der Waals surface area contributed by atoms with Crippen molar-refractivity contribution in [1.29, 1.82) is 0 Å². The van der Waals surface area contributed by atoms with Gasteiger partial charge in [0, 0.05) is 49.0 Å². The quantitative estimate of drug-likeness (QED) is 0.312. The van der Waals surface area contributed by atoms with E-state index < -0.39 is 0 Å². The summed E-state index contributed by atoms with van der Waals surface area (Å²) in [6.45, 7) is 7.12. The minimum Gasteiger partial charge on any atom is -0.507 e. The predicted octanol–water partition coefficient (Wildman–Crippen LogP) is 8.30. The number of phenols is 2. The fourth-order valence-electron chi connectivity index (χ4n) is 12.6. The van der Waals surface area contributed by atoms with Crippen LogP contribution in [0.25, 0.3) is 0 Å². The number of methoxy groups -OCH3 is 1. The van der Waals surface area contributed by atoms with E-state index in [2.05, 4.69) is 43.0 Å². The molecule has 0 heterocycles. The van der Waals surface area contributed by atoms with Gasteiger partial charge < -0.3 is 14.9 Å². The molecular formula is C39H53NO3. The summed E-state index contributed by atoms with van der Waals surface area (Å²) in [7, 11) is 1.77. The fraction of sp³-hybridized carbons (Fsp3) is 0.692. The molecule has 8 aliphatic carbocycles. The number of rotatable bonds is 9. The fourth-order valence-corrected chi connectivity index (χ4v) is 12.6. The second kappa shape index (κ2) is 10.5. The van der Waals surface area contributed by atoms with Gasteiger partial charge in [-0.3, -0.25) is 4.90 Å². The Kier molecular flexibility index (Phi) is 6.95. The van der Waals surface area contributed by atoms with Crippen molar-refractivity contribution in [2.75, 3.05) is 20.3 Å². The van der Waals surface area contributed by atoms with Crippen molar-refractivity contribution in [2.24, 2.45) is 35.5 Å². The van der Waals surface area contributed by atoms with Crippen molar-refractivity contribution in [3.8, 4) is 11.5 Å². The van der Waals surface area contributed by atoms with Crippen molar-refractivity contribution in [2.45, 2.75) is 115 Å². The van der Waals surface area contributed by atoms with Crippen LogP contribution >= 0.6 is 0 Å². The average Bonchev–Trinajstić information content (AvgIpc) is 2.93. The Bertz CT molecular complexity index is 1220. The van der Waals surface area contributed by atoms with E-state index in [-0.39, 0.29) is 10.8 Å². The first-order chi connectivity index (χ1) is 20.7. The van der Waals surface area contributed by atoms with Crippen LogP contribution in [0.1, 0.15) is 110 Å². The van der Waals surface area contributed by atoms with Crippen LogP contribution in [0.4, 0.5) is 0 Å². The largest absolute Gasteiger partial charge is 0.507 e. The molecule has 8 aliphatic rings. The Morgan fingerprint density at radius 3 is 1.30 bits per heavy atom. The minimum absolute atomic E-state index is 0.165. The molecule has 2 aromatic carbocycles. The van der Waals surface area contributed by atoms with Gasteiger partial charge in [0.1, 0.15) is 11.5 Å². The van der Waals surface area contributed by atoms with Gasteiger partial charge >= 0.3 is 0 Å². The summed E-state index contributed by atoms with van der Waals surface area (Å²) < 4.78 is 5.57. The highest BCUT2D eigenvalue weighted by molar-refractivity contribution is 5.50. The number of aromatic hydroxyl groups is 2. The number of aryl methyl sites for hydroxylation is 2. The SMILES string of the molecule is COCCN(Cc1cc(C)cc(C23CC4CC(CC(C4)C2)C3)c1O)Cc1cc(C)cc(C23CC4CC(CC(C4)C2)C3)c1O. The first-order valence-electron chi connectivity index (χ1n) is 17.6. The second-order valence-corrected chi connectivity index (χ2v) is 16.7. The monoisotopic (exact) mass is 583 g/mol. The number of nitrogens with zero attached hydrogens (tertiary/aromatic N) is 1. The van der Waals surface area contributed by atoms with E-state index in [1.165, 1.54) is 99.3 Å². The van der Waals surface area contributed by atoms with Gasteiger partial charge in [0.2, 0.25) is 0 Å². The molecule has 43 heavy (non-hydrogen) atoms. The third kappa shape index (κ3) is 4.94. The van der Waals surface area contributed by atoms with Crippen LogP contribution in [-0.4, -0.2) is 35.4 Å². The molecule has 8 bridgehead atoms. The van der Waals surface area contributed by atoms with E-state index in [0.29, 0.717) is 31.2 Å². The van der Waals surface area contributed by atoms with Gasteiger partial charge in [-0.15, -0.1) is 0 Å². The van der Waals surface area contributed by atoms with E-state index in [4.69, 9.17) is 4.74 Å². The summed E-state index contributed by atoms with van der Waals surface area (Å²) in [4.78, 5) is 2.39. The molecule has 4 heteroatoms. The number of hydrogen-bond acceptors (Lipinski definition) is 4.